The molecule has 2 atom stereocenters. The number of aliphatic hydroxyl groups is 2. The van der Waals surface area contributed by atoms with E-state index in [4.69, 9.17) is 20.4 Å². The van der Waals surface area contributed by atoms with Gasteiger partial charge in [0.05, 0.1) is 0 Å². The van der Waals surface area contributed by atoms with Crippen molar-refractivity contribution in [3.8, 4) is 0 Å². The maximum absolute atomic E-state index is 9.77. The first-order valence-electron chi connectivity index (χ1n) is 7.53. The normalized spacial score (nSPS) is 16.0. The minimum absolute atomic E-state index is 0. The molecule has 146 valence electrons. The summed E-state index contributed by atoms with van der Waals surface area (Å²) >= 11 is 1.78. The Morgan fingerprint density at radius 1 is 1.23 bits per heavy atom. The van der Waals surface area contributed by atoms with Crippen LogP contribution in [0.1, 0.15) is 16.9 Å². The average Bonchev–Trinajstić information content (AvgIpc) is 2.98. The Morgan fingerprint density at radius 2 is 1.81 bits per heavy atom. The molecular formula is C16H24N2O7S. The lowest BCUT2D eigenvalue weighted by atomic mass is 10.2. The van der Waals surface area contributed by atoms with E-state index in [0.717, 1.165) is 18.9 Å². The topological polar surface area (TPSA) is 162 Å². The van der Waals surface area contributed by atoms with Crippen molar-refractivity contribution in [3.63, 3.8) is 0 Å². The number of rotatable bonds is 5. The lowest BCUT2D eigenvalue weighted by molar-refractivity contribution is -0.165. The minimum Gasteiger partial charge on any atom is -0.479 e. The summed E-state index contributed by atoms with van der Waals surface area (Å²) in [6.07, 6.45) is 0.930. The van der Waals surface area contributed by atoms with Gasteiger partial charge in [0, 0.05) is 25.0 Å². The molecule has 2 rings (SSSR count). The van der Waals surface area contributed by atoms with Crippen molar-refractivity contribution in [2.45, 2.75) is 25.6 Å². The van der Waals surface area contributed by atoms with Crippen molar-refractivity contribution in [1.82, 2.24) is 4.90 Å². The molecule has 6 N–H and O–H groups in total. The van der Waals surface area contributed by atoms with E-state index in [1.165, 1.54) is 16.9 Å². The second-order valence-electron chi connectivity index (χ2n) is 5.38. The van der Waals surface area contributed by atoms with Crippen LogP contribution in [-0.4, -0.2) is 80.9 Å². The van der Waals surface area contributed by atoms with Crippen molar-refractivity contribution < 1.29 is 35.5 Å². The zero-order valence-corrected chi connectivity index (χ0v) is 15.3. The molecule has 26 heavy (non-hydrogen) atoms. The molecule has 0 bridgehead atoms. The maximum Gasteiger partial charge on any atom is 0.335 e. The number of aryl methyl sites for hydroxylation is 1. The zero-order valence-electron chi connectivity index (χ0n) is 14.5. The van der Waals surface area contributed by atoms with E-state index in [1.54, 1.807) is 11.3 Å². The summed E-state index contributed by atoms with van der Waals surface area (Å²) in [6.45, 7) is 4.22. The van der Waals surface area contributed by atoms with Crippen molar-refractivity contribution in [3.05, 3.63) is 28.0 Å². The third-order valence-corrected chi connectivity index (χ3v) is 4.39. The number of carboxylic acid groups (broad SMARTS) is 2. The van der Waals surface area contributed by atoms with Crippen molar-refractivity contribution in [2.75, 3.05) is 20.1 Å². The molecule has 0 spiro atoms. The van der Waals surface area contributed by atoms with E-state index in [0.29, 0.717) is 0 Å². The van der Waals surface area contributed by atoms with E-state index in [2.05, 4.69) is 47.5 Å². The Kier molecular flexibility index (Phi) is 10.4. The first-order valence-corrected chi connectivity index (χ1v) is 8.41. The number of aliphatic carboxylic acids is 2. The first-order chi connectivity index (χ1) is 11.7. The molecule has 1 aliphatic rings. The van der Waals surface area contributed by atoms with Crippen LogP contribution in [0.2, 0.25) is 0 Å². The van der Waals surface area contributed by atoms with Crippen LogP contribution in [0.25, 0.3) is 6.08 Å². The monoisotopic (exact) mass is 388 g/mol. The lowest BCUT2D eigenvalue weighted by Gasteiger charge is -2.22. The number of nitrogens with zero attached hydrogens (tertiary/aromatic N) is 2. The summed E-state index contributed by atoms with van der Waals surface area (Å²) in [5, 5.41) is 34.7. The second-order valence-corrected chi connectivity index (χ2v) is 6.33. The molecule has 0 saturated carbocycles. The van der Waals surface area contributed by atoms with Gasteiger partial charge in [0.15, 0.2) is 12.2 Å². The van der Waals surface area contributed by atoms with Crippen LogP contribution in [0.4, 0.5) is 0 Å². The van der Waals surface area contributed by atoms with Gasteiger partial charge in [-0.1, -0.05) is 0 Å². The number of carbonyl (C=O) groups is 2. The number of carboxylic acids is 2. The summed E-state index contributed by atoms with van der Waals surface area (Å²) in [5.74, 6) is -2.43. The average molecular weight is 388 g/mol. The summed E-state index contributed by atoms with van der Waals surface area (Å²) in [7, 11) is 2.10. The Bertz CT molecular complexity index is 639. The van der Waals surface area contributed by atoms with Gasteiger partial charge in [-0.3, -0.25) is 4.99 Å². The molecule has 2 unspecified atom stereocenters. The largest absolute Gasteiger partial charge is 0.479 e. The fourth-order valence-electron chi connectivity index (χ4n) is 1.89. The van der Waals surface area contributed by atoms with Crippen molar-refractivity contribution in [1.29, 1.82) is 0 Å². The molecule has 1 aromatic heterocycles. The Balaban J connectivity index is 0.000000504. The van der Waals surface area contributed by atoms with E-state index in [-0.39, 0.29) is 5.48 Å². The lowest BCUT2D eigenvalue weighted by Crippen LogP contribution is -2.39. The molecule has 0 amide bonds. The number of likely N-dealkylation sites (N-methyl/N-ethyl adjacent to an activating group) is 1. The van der Waals surface area contributed by atoms with Crippen LogP contribution in [0, 0.1) is 6.92 Å². The molecule has 0 fully saturated rings. The van der Waals surface area contributed by atoms with Gasteiger partial charge in [-0.05, 0) is 42.5 Å². The third kappa shape index (κ3) is 7.31. The van der Waals surface area contributed by atoms with Crippen LogP contribution in [-0.2, 0) is 9.59 Å². The SMILES string of the molecule is Cc1ccsc1C=CC1=NCCCN1C.O.O=C(O)C(O)C(O)C(=O)O. The summed E-state index contributed by atoms with van der Waals surface area (Å²) in [5.41, 5.74) is 1.34. The Morgan fingerprint density at radius 3 is 2.23 bits per heavy atom. The number of aliphatic imine (C=N–C) groups is 1. The standard InChI is InChI=1S/C12H16N2S.C4H6O6.H2O/c1-10-6-9-15-11(10)4-5-12-13-7-3-8-14(12)2;5-1(3(7)8)2(6)4(9)10;/h4-6,9H,3,7-8H2,1-2H3;1-2,5-6H,(H,7,8)(H,9,10);1H2. The molecule has 0 aromatic carbocycles. The highest BCUT2D eigenvalue weighted by Crippen LogP contribution is 2.17. The molecule has 1 aliphatic heterocycles. The molecule has 2 heterocycles. The second kappa shape index (κ2) is 11.4. The number of amidine groups is 1. The number of hydrogen-bond acceptors (Lipinski definition) is 7. The molecular weight excluding hydrogens is 364 g/mol. The predicted molar refractivity (Wildman–Crippen MR) is 98.5 cm³/mol. The van der Waals surface area contributed by atoms with Crippen LogP contribution in [0.15, 0.2) is 22.5 Å². The van der Waals surface area contributed by atoms with Crippen molar-refractivity contribution >= 4 is 35.2 Å². The van der Waals surface area contributed by atoms with Gasteiger partial charge in [-0.2, -0.15) is 0 Å². The fourth-order valence-corrected chi connectivity index (χ4v) is 2.71. The number of thiophene rings is 1. The molecule has 0 radical (unpaired) electrons. The highest BCUT2D eigenvalue weighted by Gasteiger charge is 2.29. The minimum atomic E-state index is -2.27. The first kappa shape index (κ1) is 23.7. The van der Waals surface area contributed by atoms with Gasteiger partial charge >= 0.3 is 11.9 Å². The Hall–Kier alpha value is -2.27. The van der Waals surface area contributed by atoms with E-state index in [9.17, 15) is 9.59 Å². The molecule has 1 aromatic rings. The zero-order chi connectivity index (χ0) is 19.0. The maximum atomic E-state index is 9.77. The highest BCUT2D eigenvalue weighted by molar-refractivity contribution is 7.11. The van der Waals surface area contributed by atoms with E-state index >= 15 is 0 Å². The molecule has 10 heteroatoms. The predicted octanol–water partition coefficient (Wildman–Crippen LogP) is -0.144. The summed E-state index contributed by atoms with van der Waals surface area (Å²) in [6, 6.07) is 2.15. The van der Waals surface area contributed by atoms with E-state index in [1.807, 2.05) is 0 Å². The highest BCUT2D eigenvalue weighted by atomic mass is 32.1. The summed E-state index contributed by atoms with van der Waals surface area (Å²) in [4.78, 5) is 27.6. The van der Waals surface area contributed by atoms with Gasteiger partial charge in [-0.25, -0.2) is 9.59 Å². The summed E-state index contributed by atoms with van der Waals surface area (Å²) < 4.78 is 0. The molecule has 0 saturated heterocycles. The van der Waals surface area contributed by atoms with Gasteiger partial charge in [0.1, 0.15) is 5.84 Å². The van der Waals surface area contributed by atoms with Crippen LogP contribution < -0.4 is 0 Å². The van der Waals surface area contributed by atoms with Crippen molar-refractivity contribution in [2.24, 2.45) is 4.99 Å². The van der Waals surface area contributed by atoms with Gasteiger partial charge in [-0.15, -0.1) is 11.3 Å². The van der Waals surface area contributed by atoms with Gasteiger partial charge in [0.25, 0.3) is 0 Å². The van der Waals surface area contributed by atoms with E-state index < -0.39 is 24.1 Å². The fraction of sp³-hybridized carbons (Fsp3) is 0.438. The third-order valence-electron chi connectivity index (χ3n) is 3.41. The van der Waals surface area contributed by atoms with Crippen LogP contribution in [0.3, 0.4) is 0 Å². The molecule has 0 aliphatic carbocycles. The quantitative estimate of drug-likeness (QED) is 0.545. The number of aliphatic hydroxyl groups excluding tert-OH is 2. The number of hydrogen-bond donors (Lipinski definition) is 4. The Labute approximate surface area is 154 Å². The smallest absolute Gasteiger partial charge is 0.335 e. The van der Waals surface area contributed by atoms with Gasteiger partial charge < -0.3 is 30.8 Å². The van der Waals surface area contributed by atoms with Gasteiger partial charge in [0.2, 0.25) is 0 Å². The van der Waals surface area contributed by atoms with Crippen LogP contribution in [0.5, 0.6) is 0 Å². The molecule has 9 nitrogen and oxygen atoms in total. The van der Waals surface area contributed by atoms with Crippen LogP contribution >= 0.6 is 11.3 Å².